The minimum Gasteiger partial charge on any atom is -0.456 e. The molecule has 0 aliphatic heterocycles. The van der Waals surface area contributed by atoms with E-state index in [-0.39, 0.29) is 22.1 Å². The first-order valence-corrected chi connectivity index (χ1v) is 7.62. The van der Waals surface area contributed by atoms with E-state index in [4.69, 9.17) is 38.8 Å². The van der Waals surface area contributed by atoms with Crippen LogP contribution >= 0.6 is 23.2 Å². The Bertz CT molecular complexity index is 743. The molecule has 0 aliphatic rings. The number of primary sulfonamides is 1. The predicted molar refractivity (Wildman–Crippen MR) is 78.8 cm³/mol. The lowest BCUT2D eigenvalue weighted by molar-refractivity contribution is 0.468. The molecule has 8 heteroatoms. The van der Waals surface area contributed by atoms with Crippen LogP contribution in [0.1, 0.15) is 0 Å². The van der Waals surface area contributed by atoms with E-state index < -0.39 is 10.0 Å². The molecular formula is C12H10Cl2N2O3S. The second-order valence-corrected chi connectivity index (χ2v) is 6.36. The molecule has 5 nitrogen and oxygen atoms in total. The summed E-state index contributed by atoms with van der Waals surface area (Å²) in [6.07, 6.45) is 0. The average Bonchev–Trinajstić information content (AvgIpc) is 2.28. The first-order valence-electron chi connectivity index (χ1n) is 5.32. The van der Waals surface area contributed by atoms with Gasteiger partial charge in [0.05, 0.1) is 0 Å². The largest absolute Gasteiger partial charge is 0.456 e. The van der Waals surface area contributed by atoms with Crippen LogP contribution < -0.4 is 15.6 Å². The van der Waals surface area contributed by atoms with Crippen molar-refractivity contribution in [3.8, 4) is 11.5 Å². The summed E-state index contributed by atoms with van der Waals surface area (Å²) in [5, 5.41) is 5.85. The molecule has 20 heavy (non-hydrogen) atoms. The summed E-state index contributed by atoms with van der Waals surface area (Å²) >= 11 is 11.7. The lowest BCUT2D eigenvalue weighted by Gasteiger charge is -2.11. The maximum absolute atomic E-state index is 11.5. The second-order valence-electron chi connectivity index (χ2n) is 3.96. The molecule has 2 aromatic rings. The Kier molecular flexibility index (Phi) is 4.10. The molecule has 4 N–H and O–H groups in total. The number of anilines is 1. The minimum atomic E-state index is -3.97. The highest BCUT2D eigenvalue weighted by atomic mass is 35.5. The minimum absolute atomic E-state index is 0.0417. The van der Waals surface area contributed by atoms with Crippen LogP contribution in [-0.2, 0) is 10.0 Å². The topological polar surface area (TPSA) is 95.4 Å². The van der Waals surface area contributed by atoms with Crippen LogP contribution in [0.2, 0.25) is 10.0 Å². The van der Waals surface area contributed by atoms with Gasteiger partial charge in [-0.3, -0.25) is 0 Å². The Morgan fingerprint density at radius 2 is 1.60 bits per heavy atom. The Balaban J connectivity index is 2.48. The van der Waals surface area contributed by atoms with Crippen molar-refractivity contribution in [2.75, 3.05) is 5.73 Å². The molecule has 0 amide bonds. The highest BCUT2D eigenvalue weighted by Gasteiger charge is 2.16. The van der Waals surface area contributed by atoms with Gasteiger partial charge in [0, 0.05) is 15.7 Å². The van der Waals surface area contributed by atoms with Crippen molar-refractivity contribution in [1.29, 1.82) is 0 Å². The number of sulfonamides is 1. The monoisotopic (exact) mass is 332 g/mol. The molecule has 0 atom stereocenters. The summed E-state index contributed by atoms with van der Waals surface area (Å²) in [6.45, 7) is 0. The molecule has 2 rings (SSSR count). The van der Waals surface area contributed by atoms with Crippen molar-refractivity contribution in [3.05, 3.63) is 46.4 Å². The van der Waals surface area contributed by atoms with Crippen LogP contribution in [0.3, 0.4) is 0 Å². The van der Waals surface area contributed by atoms with Gasteiger partial charge >= 0.3 is 0 Å². The number of hydrogen-bond acceptors (Lipinski definition) is 4. The van der Waals surface area contributed by atoms with Gasteiger partial charge in [-0.1, -0.05) is 23.2 Å². The molecular weight excluding hydrogens is 323 g/mol. The van der Waals surface area contributed by atoms with Gasteiger partial charge in [0.15, 0.2) is 0 Å². The van der Waals surface area contributed by atoms with Gasteiger partial charge in [-0.15, -0.1) is 0 Å². The van der Waals surface area contributed by atoms with Crippen molar-refractivity contribution in [2.45, 2.75) is 4.90 Å². The van der Waals surface area contributed by atoms with Crippen LogP contribution in [0, 0.1) is 0 Å². The molecule has 106 valence electrons. The second kappa shape index (κ2) is 5.49. The Hall–Kier alpha value is -1.47. The highest BCUT2D eigenvalue weighted by molar-refractivity contribution is 7.89. The first-order chi connectivity index (χ1) is 9.25. The van der Waals surface area contributed by atoms with E-state index in [9.17, 15) is 8.42 Å². The van der Waals surface area contributed by atoms with Gasteiger partial charge in [0.2, 0.25) is 10.0 Å². The van der Waals surface area contributed by atoms with E-state index in [0.717, 1.165) is 0 Å². The fourth-order valence-electron chi connectivity index (χ4n) is 1.55. The number of rotatable bonds is 3. The summed E-state index contributed by atoms with van der Waals surface area (Å²) in [7, 11) is -3.97. The molecule has 0 bridgehead atoms. The molecule has 0 fully saturated rings. The SMILES string of the molecule is Nc1ccc(Oc2cc(Cl)cc(Cl)c2)c(S(N)(=O)=O)c1. The summed E-state index contributed by atoms with van der Waals surface area (Å²) < 4.78 is 28.5. The molecule has 0 saturated heterocycles. The molecule has 0 aromatic heterocycles. The Labute approximate surface area is 126 Å². The molecule has 2 aromatic carbocycles. The number of benzene rings is 2. The van der Waals surface area contributed by atoms with E-state index in [1.807, 2.05) is 0 Å². The van der Waals surface area contributed by atoms with Crippen LogP contribution in [0.25, 0.3) is 0 Å². The van der Waals surface area contributed by atoms with Crippen molar-refractivity contribution < 1.29 is 13.2 Å². The smallest absolute Gasteiger partial charge is 0.241 e. The highest BCUT2D eigenvalue weighted by Crippen LogP contribution is 2.32. The first kappa shape index (κ1) is 14.9. The number of ether oxygens (including phenoxy) is 1. The van der Waals surface area contributed by atoms with Gasteiger partial charge in [-0.05, 0) is 36.4 Å². The van der Waals surface area contributed by atoms with Crippen LogP contribution in [0.4, 0.5) is 5.69 Å². The van der Waals surface area contributed by atoms with Crippen molar-refractivity contribution in [2.24, 2.45) is 5.14 Å². The molecule has 0 aliphatic carbocycles. The normalized spacial score (nSPS) is 11.3. The zero-order valence-electron chi connectivity index (χ0n) is 10.0. The van der Waals surface area contributed by atoms with Crippen molar-refractivity contribution in [3.63, 3.8) is 0 Å². The van der Waals surface area contributed by atoms with E-state index in [1.165, 1.54) is 36.4 Å². The fraction of sp³-hybridized carbons (Fsp3) is 0. The van der Waals surface area contributed by atoms with E-state index in [1.54, 1.807) is 0 Å². The Morgan fingerprint density at radius 1 is 1.00 bits per heavy atom. The maximum Gasteiger partial charge on any atom is 0.241 e. The molecule has 0 saturated carbocycles. The zero-order chi connectivity index (χ0) is 14.9. The zero-order valence-corrected chi connectivity index (χ0v) is 12.3. The van der Waals surface area contributed by atoms with Crippen molar-refractivity contribution >= 4 is 38.9 Å². The van der Waals surface area contributed by atoms with Crippen LogP contribution in [-0.4, -0.2) is 8.42 Å². The summed E-state index contributed by atoms with van der Waals surface area (Å²) in [5.41, 5.74) is 5.80. The van der Waals surface area contributed by atoms with E-state index >= 15 is 0 Å². The van der Waals surface area contributed by atoms with E-state index in [0.29, 0.717) is 10.0 Å². The molecule has 0 spiro atoms. The average molecular weight is 333 g/mol. The van der Waals surface area contributed by atoms with E-state index in [2.05, 4.69) is 0 Å². The third-order valence-electron chi connectivity index (χ3n) is 2.34. The molecule has 0 heterocycles. The Morgan fingerprint density at radius 3 is 2.15 bits per heavy atom. The third kappa shape index (κ3) is 3.55. The summed E-state index contributed by atoms with van der Waals surface area (Å²) in [4.78, 5) is -0.214. The standard InChI is InChI=1S/C12H10Cl2N2O3S/c13-7-3-8(14)5-10(4-7)19-11-2-1-9(15)6-12(11)20(16,17)18/h1-6H,15H2,(H2,16,17,18). The van der Waals surface area contributed by atoms with Gasteiger partial charge in [0.1, 0.15) is 16.4 Å². The number of halogens is 2. The maximum atomic E-state index is 11.5. The van der Waals surface area contributed by atoms with Crippen molar-refractivity contribution in [1.82, 2.24) is 0 Å². The fourth-order valence-corrected chi connectivity index (χ4v) is 2.74. The predicted octanol–water partition coefficient (Wildman–Crippen LogP) is 3.02. The third-order valence-corrected chi connectivity index (χ3v) is 3.71. The molecule has 0 unspecified atom stereocenters. The number of nitrogen functional groups attached to an aromatic ring is 1. The number of hydrogen-bond donors (Lipinski definition) is 2. The molecule has 0 radical (unpaired) electrons. The lowest BCUT2D eigenvalue weighted by Crippen LogP contribution is -2.13. The summed E-state index contributed by atoms with van der Waals surface area (Å²) in [6, 6.07) is 8.64. The quantitative estimate of drug-likeness (QED) is 0.844. The van der Waals surface area contributed by atoms with Crippen LogP contribution in [0.5, 0.6) is 11.5 Å². The summed E-state index contributed by atoms with van der Waals surface area (Å²) in [5.74, 6) is 0.331. The number of nitrogens with two attached hydrogens (primary N) is 2. The lowest BCUT2D eigenvalue weighted by atomic mass is 10.3. The van der Waals surface area contributed by atoms with Gasteiger partial charge in [0.25, 0.3) is 0 Å². The van der Waals surface area contributed by atoms with Gasteiger partial charge < -0.3 is 10.5 Å². The van der Waals surface area contributed by atoms with Gasteiger partial charge in [-0.2, -0.15) is 0 Å². The van der Waals surface area contributed by atoms with Gasteiger partial charge in [-0.25, -0.2) is 13.6 Å². The van der Waals surface area contributed by atoms with Crippen LogP contribution in [0.15, 0.2) is 41.3 Å².